The van der Waals surface area contributed by atoms with Crippen molar-refractivity contribution in [3.63, 3.8) is 0 Å². The maximum atomic E-state index is 10.1. The van der Waals surface area contributed by atoms with Gasteiger partial charge in [0, 0.05) is 0 Å². The summed E-state index contributed by atoms with van der Waals surface area (Å²) in [6, 6.07) is 0. The molecule has 0 aromatic rings. The highest BCUT2D eigenvalue weighted by Crippen LogP contribution is 2.25. The van der Waals surface area contributed by atoms with Crippen molar-refractivity contribution < 1.29 is 5.11 Å². The van der Waals surface area contributed by atoms with E-state index < -0.39 is 5.60 Å². The first kappa shape index (κ1) is 15.4. The van der Waals surface area contributed by atoms with E-state index in [0.717, 1.165) is 6.42 Å². The van der Waals surface area contributed by atoms with Gasteiger partial charge in [-0.05, 0) is 12.3 Å². The molecule has 1 atom stereocenters. The molecule has 1 nitrogen and oxygen atoms in total. The lowest BCUT2D eigenvalue weighted by Gasteiger charge is -2.27. The Morgan fingerprint density at radius 1 is 1.06 bits per heavy atom. The highest BCUT2D eigenvalue weighted by atomic mass is 16.3. The Morgan fingerprint density at radius 2 is 1.56 bits per heavy atom. The monoisotopic (exact) mass is 224 g/mol. The predicted octanol–water partition coefficient (Wildman–Crippen LogP) is 4.48. The van der Waals surface area contributed by atoms with E-state index in [4.69, 9.17) is 0 Å². The molecular formula is C15H28O. The van der Waals surface area contributed by atoms with Crippen molar-refractivity contribution in [1.29, 1.82) is 0 Å². The van der Waals surface area contributed by atoms with E-state index in [1.165, 1.54) is 38.5 Å². The van der Waals surface area contributed by atoms with Crippen LogP contribution in [-0.4, -0.2) is 10.7 Å². The van der Waals surface area contributed by atoms with E-state index in [1.54, 1.807) is 12.2 Å². The second kappa shape index (κ2) is 8.58. The molecule has 0 aromatic carbocycles. The fourth-order valence-electron chi connectivity index (χ4n) is 1.95. The smallest absolute Gasteiger partial charge is 0.103 e. The Labute approximate surface area is 101 Å². The van der Waals surface area contributed by atoms with Crippen LogP contribution >= 0.6 is 0 Å². The quantitative estimate of drug-likeness (QED) is 0.428. The SMILES string of the molecule is C=CC(O)(C=C)C(C)CCCCCCCC. The van der Waals surface area contributed by atoms with Crippen molar-refractivity contribution in [1.82, 2.24) is 0 Å². The third-order valence-electron chi connectivity index (χ3n) is 3.43. The minimum absolute atomic E-state index is 0.216. The van der Waals surface area contributed by atoms with Crippen LogP contribution in [0.15, 0.2) is 25.3 Å². The number of hydrogen-bond donors (Lipinski definition) is 1. The minimum atomic E-state index is -0.885. The van der Waals surface area contributed by atoms with Crippen molar-refractivity contribution in [2.24, 2.45) is 5.92 Å². The Bertz CT molecular complexity index is 188. The van der Waals surface area contributed by atoms with Gasteiger partial charge in [-0.25, -0.2) is 0 Å². The molecule has 0 saturated heterocycles. The molecule has 0 saturated carbocycles. The number of rotatable bonds is 10. The van der Waals surface area contributed by atoms with Gasteiger partial charge in [0.25, 0.3) is 0 Å². The maximum absolute atomic E-state index is 10.1. The molecule has 94 valence electrons. The highest BCUT2D eigenvalue weighted by Gasteiger charge is 2.25. The zero-order valence-corrected chi connectivity index (χ0v) is 11.0. The Kier molecular flexibility index (Phi) is 8.28. The van der Waals surface area contributed by atoms with Gasteiger partial charge in [-0.2, -0.15) is 0 Å². The maximum Gasteiger partial charge on any atom is 0.103 e. The molecule has 0 aliphatic rings. The van der Waals surface area contributed by atoms with Crippen molar-refractivity contribution in [2.45, 2.75) is 64.4 Å². The lowest BCUT2D eigenvalue weighted by Crippen LogP contribution is -2.31. The summed E-state index contributed by atoms with van der Waals surface area (Å²) in [5.41, 5.74) is -0.885. The Balaban J connectivity index is 3.68. The van der Waals surface area contributed by atoms with Crippen LogP contribution in [0.3, 0.4) is 0 Å². The summed E-state index contributed by atoms with van der Waals surface area (Å²) in [7, 11) is 0. The van der Waals surface area contributed by atoms with Crippen LogP contribution in [0, 0.1) is 5.92 Å². The first-order valence-corrected chi connectivity index (χ1v) is 6.60. The molecule has 1 unspecified atom stereocenters. The predicted molar refractivity (Wildman–Crippen MR) is 72.5 cm³/mol. The Hall–Kier alpha value is -0.560. The summed E-state index contributed by atoms with van der Waals surface area (Å²) in [4.78, 5) is 0. The summed E-state index contributed by atoms with van der Waals surface area (Å²) in [6.45, 7) is 11.6. The van der Waals surface area contributed by atoms with E-state index in [2.05, 4.69) is 27.0 Å². The van der Waals surface area contributed by atoms with Crippen LogP contribution in [0.5, 0.6) is 0 Å². The molecule has 1 heteroatoms. The topological polar surface area (TPSA) is 20.2 Å². The van der Waals surface area contributed by atoms with E-state index >= 15 is 0 Å². The molecule has 0 radical (unpaired) electrons. The fourth-order valence-corrected chi connectivity index (χ4v) is 1.95. The van der Waals surface area contributed by atoms with Gasteiger partial charge in [0.05, 0.1) is 0 Å². The number of hydrogen-bond acceptors (Lipinski definition) is 1. The molecule has 1 N–H and O–H groups in total. The second-order valence-corrected chi connectivity index (χ2v) is 4.75. The lowest BCUT2D eigenvalue weighted by molar-refractivity contribution is 0.0784. The van der Waals surface area contributed by atoms with Crippen molar-refractivity contribution >= 4 is 0 Å². The van der Waals surface area contributed by atoms with Gasteiger partial charge in [-0.1, -0.05) is 77.7 Å². The van der Waals surface area contributed by atoms with Gasteiger partial charge >= 0.3 is 0 Å². The molecule has 0 heterocycles. The van der Waals surface area contributed by atoms with Gasteiger partial charge in [0.2, 0.25) is 0 Å². The summed E-state index contributed by atoms with van der Waals surface area (Å²) in [5.74, 6) is 0.216. The Morgan fingerprint density at radius 3 is 2.06 bits per heavy atom. The van der Waals surface area contributed by atoms with Gasteiger partial charge in [0.1, 0.15) is 5.60 Å². The molecule has 0 aliphatic carbocycles. The summed E-state index contributed by atoms with van der Waals surface area (Å²) in [5, 5.41) is 10.1. The average molecular weight is 224 g/mol. The first-order chi connectivity index (χ1) is 7.60. The standard InChI is InChI=1S/C15H28O/c1-5-8-9-10-11-12-13-14(4)15(16,6-2)7-3/h6-7,14,16H,2-3,5,8-13H2,1,4H3. The first-order valence-electron chi connectivity index (χ1n) is 6.60. The molecule has 0 fully saturated rings. The normalized spacial score (nSPS) is 13.4. The van der Waals surface area contributed by atoms with E-state index in [-0.39, 0.29) is 5.92 Å². The van der Waals surface area contributed by atoms with E-state index in [0.29, 0.717) is 0 Å². The van der Waals surface area contributed by atoms with Gasteiger partial charge < -0.3 is 5.11 Å². The highest BCUT2D eigenvalue weighted by molar-refractivity contribution is 5.10. The number of aliphatic hydroxyl groups is 1. The molecule has 0 amide bonds. The molecule has 0 aromatic heterocycles. The largest absolute Gasteiger partial charge is 0.381 e. The van der Waals surface area contributed by atoms with Crippen LogP contribution in [0.25, 0.3) is 0 Å². The molecule has 0 aliphatic heterocycles. The summed E-state index contributed by atoms with van der Waals surface area (Å²) in [6.07, 6.45) is 12.0. The third-order valence-corrected chi connectivity index (χ3v) is 3.43. The molecule has 0 bridgehead atoms. The van der Waals surface area contributed by atoms with Crippen molar-refractivity contribution in [2.75, 3.05) is 0 Å². The van der Waals surface area contributed by atoms with Crippen LogP contribution < -0.4 is 0 Å². The van der Waals surface area contributed by atoms with Crippen LogP contribution in [-0.2, 0) is 0 Å². The van der Waals surface area contributed by atoms with Crippen LogP contribution in [0.4, 0.5) is 0 Å². The second-order valence-electron chi connectivity index (χ2n) is 4.75. The molecule has 0 rings (SSSR count). The van der Waals surface area contributed by atoms with Crippen LogP contribution in [0.1, 0.15) is 58.8 Å². The van der Waals surface area contributed by atoms with Gasteiger partial charge in [-0.15, -0.1) is 0 Å². The summed E-state index contributed by atoms with van der Waals surface area (Å²) < 4.78 is 0. The number of unbranched alkanes of at least 4 members (excludes halogenated alkanes) is 5. The lowest BCUT2D eigenvalue weighted by atomic mass is 9.85. The van der Waals surface area contributed by atoms with Crippen molar-refractivity contribution in [3.8, 4) is 0 Å². The molecule has 0 spiro atoms. The summed E-state index contributed by atoms with van der Waals surface area (Å²) >= 11 is 0. The van der Waals surface area contributed by atoms with Gasteiger partial charge in [0.15, 0.2) is 0 Å². The zero-order valence-electron chi connectivity index (χ0n) is 11.0. The third kappa shape index (κ3) is 5.50. The average Bonchev–Trinajstić information content (AvgIpc) is 2.32. The van der Waals surface area contributed by atoms with Crippen LogP contribution in [0.2, 0.25) is 0 Å². The zero-order chi connectivity index (χ0) is 12.4. The van der Waals surface area contributed by atoms with Crippen molar-refractivity contribution in [3.05, 3.63) is 25.3 Å². The minimum Gasteiger partial charge on any atom is -0.381 e. The van der Waals surface area contributed by atoms with Gasteiger partial charge in [-0.3, -0.25) is 0 Å². The van der Waals surface area contributed by atoms with E-state index in [1.807, 2.05) is 0 Å². The molecular weight excluding hydrogens is 196 g/mol. The molecule has 16 heavy (non-hydrogen) atoms. The fraction of sp³-hybridized carbons (Fsp3) is 0.733. The van der Waals surface area contributed by atoms with E-state index in [9.17, 15) is 5.11 Å².